The first kappa shape index (κ1) is 18.0. The molecule has 4 rings (SSSR count). The number of carbonyl (C=O) groups is 2. The van der Waals surface area contributed by atoms with Crippen LogP contribution in [0.5, 0.6) is 0 Å². The zero-order valence-electron chi connectivity index (χ0n) is 16.1. The quantitative estimate of drug-likeness (QED) is 0.754. The normalized spacial score (nSPS) is 16.3. The SMILES string of the molecule is C[C@H]1CC(=O)Nc2ccccc2N1C(=O)CN(C)c1ccc2ccccc2c1. The number of hydrogen-bond donors (Lipinski definition) is 1. The standard InChI is InChI=1S/C23H23N3O2/c1-16-13-22(27)24-20-9-5-6-10-21(20)26(16)23(28)15-25(2)19-12-11-17-7-3-4-8-18(17)14-19/h3-12,14,16H,13,15H2,1-2H3,(H,24,27)/t16-/m0/s1. The van der Waals surface area contributed by atoms with Crippen molar-refractivity contribution in [3.8, 4) is 0 Å². The van der Waals surface area contributed by atoms with E-state index in [4.69, 9.17) is 0 Å². The Morgan fingerprint density at radius 2 is 1.79 bits per heavy atom. The van der Waals surface area contributed by atoms with E-state index in [1.807, 2.05) is 61.3 Å². The second-order valence-corrected chi connectivity index (χ2v) is 7.27. The maximum Gasteiger partial charge on any atom is 0.246 e. The molecule has 0 saturated carbocycles. The van der Waals surface area contributed by atoms with Crippen LogP contribution in [0.2, 0.25) is 0 Å². The zero-order valence-corrected chi connectivity index (χ0v) is 16.1. The van der Waals surface area contributed by atoms with E-state index in [2.05, 4.69) is 29.6 Å². The zero-order chi connectivity index (χ0) is 19.7. The third kappa shape index (κ3) is 3.43. The van der Waals surface area contributed by atoms with Crippen molar-refractivity contribution in [3.05, 3.63) is 66.7 Å². The topological polar surface area (TPSA) is 52.7 Å². The van der Waals surface area contributed by atoms with E-state index >= 15 is 0 Å². The molecule has 142 valence electrons. The molecule has 0 aliphatic carbocycles. The van der Waals surface area contributed by atoms with Crippen LogP contribution >= 0.6 is 0 Å². The summed E-state index contributed by atoms with van der Waals surface area (Å²) in [6, 6.07) is 21.6. The number of nitrogens with one attached hydrogen (secondary N) is 1. The Morgan fingerprint density at radius 1 is 1.07 bits per heavy atom. The number of hydrogen-bond acceptors (Lipinski definition) is 3. The minimum absolute atomic E-state index is 0.0351. The summed E-state index contributed by atoms with van der Waals surface area (Å²) in [5.74, 6) is -0.106. The van der Waals surface area contributed by atoms with Gasteiger partial charge >= 0.3 is 0 Å². The number of likely N-dealkylation sites (N-methyl/N-ethyl adjacent to an activating group) is 1. The summed E-state index contributed by atoms with van der Waals surface area (Å²) in [6.07, 6.45) is 0.278. The van der Waals surface area contributed by atoms with Gasteiger partial charge in [0, 0.05) is 25.2 Å². The number of carbonyl (C=O) groups excluding carboxylic acids is 2. The van der Waals surface area contributed by atoms with Gasteiger partial charge in [0.2, 0.25) is 11.8 Å². The summed E-state index contributed by atoms with van der Waals surface area (Å²) in [5.41, 5.74) is 2.41. The predicted octanol–water partition coefficient (Wildman–Crippen LogP) is 4.04. The number of fused-ring (bicyclic) bond motifs is 2. The van der Waals surface area contributed by atoms with Crippen molar-refractivity contribution in [2.24, 2.45) is 0 Å². The first-order valence-corrected chi connectivity index (χ1v) is 9.44. The third-order valence-electron chi connectivity index (χ3n) is 5.17. The number of nitrogens with zero attached hydrogens (tertiary/aromatic N) is 2. The van der Waals surface area contributed by atoms with Gasteiger partial charge in [0.1, 0.15) is 0 Å². The predicted molar refractivity (Wildman–Crippen MR) is 114 cm³/mol. The molecule has 1 heterocycles. The molecule has 0 unspecified atom stereocenters. The smallest absolute Gasteiger partial charge is 0.246 e. The molecule has 3 aromatic rings. The Bertz CT molecular complexity index is 1050. The molecule has 1 N–H and O–H groups in total. The summed E-state index contributed by atoms with van der Waals surface area (Å²) < 4.78 is 0. The number of benzene rings is 3. The lowest BCUT2D eigenvalue weighted by Crippen LogP contribution is -2.44. The molecule has 0 aromatic heterocycles. The van der Waals surface area contributed by atoms with E-state index in [1.165, 1.54) is 5.39 Å². The maximum atomic E-state index is 13.2. The van der Waals surface area contributed by atoms with E-state index < -0.39 is 0 Å². The van der Waals surface area contributed by atoms with Crippen LogP contribution in [0, 0.1) is 0 Å². The van der Waals surface area contributed by atoms with Gasteiger partial charge in [-0.05, 0) is 42.0 Å². The van der Waals surface area contributed by atoms with Crippen LogP contribution in [0.3, 0.4) is 0 Å². The van der Waals surface area contributed by atoms with E-state index in [-0.39, 0.29) is 30.8 Å². The minimum Gasteiger partial charge on any atom is -0.365 e. The highest BCUT2D eigenvalue weighted by Gasteiger charge is 2.29. The second-order valence-electron chi connectivity index (χ2n) is 7.27. The average Bonchev–Trinajstić information content (AvgIpc) is 2.81. The van der Waals surface area contributed by atoms with Crippen LogP contribution in [0.4, 0.5) is 17.1 Å². The van der Waals surface area contributed by atoms with Gasteiger partial charge in [-0.15, -0.1) is 0 Å². The Kier molecular flexibility index (Phi) is 4.74. The molecule has 0 radical (unpaired) electrons. The summed E-state index contributed by atoms with van der Waals surface area (Å²) in [4.78, 5) is 29.0. The van der Waals surface area contributed by atoms with Crippen molar-refractivity contribution >= 4 is 39.6 Å². The fourth-order valence-corrected chi connectivity index (χ4v) is 3.75. The lowest BCUT2D eigenvalue weighted by molar-refractivity contribution is -0.118. The van der Waals surface area contributed by atoms with E-state index in [0.29, 0.717) is 5.69 Å². The molecule has 0 fully saturated rings. The molecule has 5 nitrogen and oxygen atoms in total. The van der Waals surface area contributed by atoms with Crippen molar-refractivity contribution in [2.75, 3.05) is 28.7 Å². The third-order valence-corrected chi connectivity index (χ3v) is 5.17. The van der Waals surface area contributed by atoms with E-state index in [0.717, 1.165) is 16.8 Å². The van der Waals surface area contributed by atoms with Gasteiger partial charge in [0.15, 0.2) is 0 Å². The summed E-state index contributed by atoms with van der Waals surface area (Å²) in [5, 5.41) is 5.21. The highest BCUT2D eigenvalue weighted by molar-refractivity contribution is 6.05. The van der Waals surface area contributed by atoms with Crippen LogP contribution in [0.1, 0.15) is 13.3 Å². The van der Waals surface area contributed by atoms with Crippen molar-refractivity contribution in [1.82, 2.24) is 0 Å². The number of para-hydroxylation sites is 2. The molecule has 1 aliphatic heterocycles. The Hall–Kier alpha value is -3.34. The van der Waals surface area contributed by atoms with Crippen molar-refractivity contribution in [3.63, 3.8) is 0 Å². The van der Waals surface area contributed by atoms with Crippen LogP contribution < -0.4 is 15.1 Å². The highest BCUT2D eigenvalue weighted by atomic mass is 16.2. The van der Waals surface area contributed by atoms with Gasteiger partial charge in [0.25, 0.3) is 0 Å². The first-order chi connectivity index (χ1) is 13.5. The van der Waals surface area contributed by atoms with Crippen molar-refractivity contribution in [2.45, 2.75) is 19.4 Å². The fraction of sp³-hybridized carbons (Fsp3) is 0.217. The monoisotopic (exact) mass is 373 g/mol. The van der Waals surface area contributed by atoms with Crippen molar-refractivity contribution in [1.29, 1.82) is 0 Å². The molecule has 0 spiro atoms. The van der Waals surface area contributed by atoms with Gasteiger partial charge in [-0.3, -0.25) is 9.59 Å². The number of amides is 2. The van der Waals surface area contributed by atoms with E-state index in [1.54, 1.807) is 4.90 Å². The molecule has 3 aromatic carbocycles. The molecule has 28 heavy (non-hydrogen) atoms. The highest BCUT2D eigenvalue weighted by Crippen LogP contribution is 2.31. The van der Waals surface area contributed by atoms with E-state index in [9.17, 15) is 9.59 Å². The van der Waals surface area contributed by atoms with Crippen LogP contribution in [-0.4, -0.2) is 31.4 Å². The lowest BCUT2D eigenvalue weighted by Gasteiger charge is -2.30. The molecule has 1 aliphatic rings. The summed E-state index contributed by atoms with van der Waals surface area (Å²) in [6.45, 7) is 2.14. The summed E-state index contributed by atoms with van der Waals surface area (Å²) >= 11 is 0. The van der Waals surface area contributed by atoms with Gasteiger partial charge in [0.05, 0.1) is 17.9 Å². The molecule has 0 bridgehead atoms. The maximum absolute atomic E-state index is 13.2. The molecule has 0 saturated heterocycles. The van der Waals surface area contributed by atoms with Gasteiger partial charge < -0.3 is 15.1 Å². The Morgan fingerprint density at radius 3 is 2.61 bits per heavy atom. The van der Waals surface area contributed by atoms with Crippen molar-refractivity contribution < 1.29 is 9.59 Å². The first-order valence-electron chi connectivity index (χ1n) is 9.44. The van der Waals surface area contributed by atoms with Gasteiger partial charge in [-0.1, -0.05) is 42.5 Å². The number of anilines is 3. The lowest BCUT2D eigenvalue weighted by atomic mass is 10.1. The van der Waals surface area contributed by atoms with Gasteiger partial charge in [-0.25, -0.2) is 0 Å². The molecular weight excluding hydrogens is 350 g/mol. The van der Waals surface area contributed by atoms with Gasteiger partial charge in [-0.2, -0.15) is 0 Å². The van der Waals surface area contributed by atoms with Crippen LogP contribution in [0.15, 0.2) is 66.7 Å². The molecule has 2 amide bonds. The minimum atomic E-state index is -0.207. The summed E-state index contributed by atoms with van der Waals surface area (Å²) in [7, 11) is 1.92. The fourth-order valence-electron chi connectivity index (χ4n) is 3.75. The number of rotatable bonds is 3. The average molecular weight is 373 g/mol. The second kappa shape index (κ2) is 7.35. The Labute approximate surface area is 164 Å². The molecule has 1 atom stereocenters. The largest absolute Gasteiger partial charge is 0.365 e. The molecule has 5 heteroatoms. The molecular formula is C23H23N3O2. The van der Waals surface area contributed by atoms with Crippen LogP contribution in [-0.2, 0) is 9.59 Å². The van der Waals surface area contributed by atoms with Crippen LogP contribution in [0.25, 0.3) is 10.8 Å². The Balaban J connectivity index is 1.60.